The average Bonchev–Trinajstić information content (AvgIpc) is 3.29. The van der Waals surface area contributed by atoms with E-state index in [1.165, 1.54) is 31.8 Å². The summed E-state index contributed by atoms with van der Waals surface area (Å²) in [5.74, 6) is 0.189. The molecule has 2 heterocycles. The third-order valence-electron chi connectivity index (χ3n) is 6.61. The second-order valence-corrected chi connectivity index (χ2v) is 9.57. The van der Waals surface area contributed by atoms with Gasteiger partial charge in [0, 0.05) is 5.92 Å². The van der Waals surface area contributed by atoms with Crippen molar-refractivity contribution in [1.29, 1.82) is 0 Å². The van der Waals surface area contributed by atoms with Crippen LogP contribution in [0.25, 0.3) is 15.8 Å². The third kappa shape index (κ3) is 3.92. The molecule has 1 fully saturated rings. The van der Waals surface area contributed by atoms with E-state index >= 15 is 0 Å². The van der Waals surface area contributed by atoms with Gasteiger partial charge in [-0.2, -0.15) is 0 Å². The zero-order valence-electron chi connectivity index (χ0n) is 19.1. The van der Waals surface area contributed by atoms with E-state index in [1.807, 2.05) is 31.2 Å². The van der Waals surface area contributed by atoms with Crippen molar-refractivity contribution in [3.8, 4) is 11.5 Å². The number of para-hydroxylation sites is 1. The molecule has 3 aromatic rings. The average molecular weight is 480 g/mol. The van der Waals surface area contributed by atoms with E-state index in [-0.39, 0.29) is 29.8 Å². The van der Waals surface area contributed by atoms with Crippen LogP contribution in [0.2, 0.25) is 0 Å². The van der Waals surface area contributed by atoms with Crippen LogP contribution in [-0.2, 0) is 14.3 Å². The number of carbonyl (C=O) groups excluding carboxylic acids is 2. The summed E-state index contributed by atoms with van der Waals surface area (Å²) in [7, 11) is 3.06. The molecule has 2 aliphatic rings. The number of esters is 1. The van der Waals surface area contributed by atoms with Gasteiger partial charge in [-0.05, 0) is 43.2 Å². The second kappa shape index (κ2) is 9.10. The van der Waals surface area contributed by atoms with Gasteiger partial charge in [-0.1, -0.05) is 19.1 Å². The fraction of sp³-hybridized carbons (Fsp3) is 0.346. The molecule has 0 amide bonds. The number of nitrogens with zero attached hydrogens (tertiary/aromatic N) is 1. The number of hydrogen-bond acceptors (Lipinski definition) is 8. The number of fused-ring (bicyclic) bond motifs is 2. The van der Waals surface area contributed by atoms with Crippen molar-refractivity contribution in [2.45, 2.75) is 32.0 Å². The normalized spacial score (nSPS) is 24.1. The molecule has 0 bridgehead atoms. The Kier molecular flexibility index (Phi) is 6.00. The van der Waals surface area contributed by atoms with Gasteiger partial charge in [0.15, 0.2) is 17.3 Å². The number of carbonyl (C=O) groups is 2. The maximum Gasteiger partial charge on any atom is 0.338 e. The van der Waals surface area contributed by atoms with E-state index in [9.17, 15) is 9.59 Å². The minimum Gasteiger partial charge on any atom is -0.496 e. The summed E-state index contributed by atoms with van der Waals surface area (Å²) >= 11 is 1.49. The molecule has 176 valence electrons. The van der Waals surface area contributed by atoms with Crippen molar-refractivity contribution < 1.29 is 28.5 Å². The number of ketones is 1. The van der Waals surface area contributed by atoms with E-state index in [0.717, 1.165) is 10.2 Å². The quantitative estimate of drug-likeness (QED) is 0.482. The molecule has 1 aliphatic carbocycles. The molecule has 1 aliphatic heterocycles. The zero-order chi connectivity index (χ0) is 23.8. The molecule has 0 N–H and O–H groups in total. The molecule has 2 aromatic carbocycles. The van der Waals surface area contributed by atoms with Gasteiger partial charge < -0.3 is 18.9 Å². The fourth-order valence-corrected chi connectivity index (χ4v) is 5.71. The third-order valence-corrected chi connectivity index (χ3v) is 7.68. The molecule has 34 heavy (non-hydrogen) atoms. The highest BCUT2D eigenvalue weighted by molar-refractivity contribution is 7.19. The summed E-state index contributed by atoms with van der Waals surface area (Å²) in [6, 6.07) is 12.7. The molecular weight excluding hydrogens is 454 g/mol. The van der Waals surface area contributed by atoms with Crippen molar-refractivity contribution in [3.05, 3.63) is 59.3 Å². The van der Waals surface area contributed by atoms with Crippen LogP contribution in [0.15, 0.2) is 48.7 Å². The van der Waals surface area contributed by atoms with Crippen LogP contribution in [0.4, 0.5) is 0 Å². The van der Waals surface area contributed by atoms with Crippen LogP contribution in [0.5, 0.6) is 11.5 Å². The number of methoxy groups -OCH3 is 2. The number of rotatable bonds is 5. The van der Waals surface area contributed by atoms with Crippen molar-refractivity contribution in [1.82, 2.24) is 4.98 Å². The predicted molar refractivity (Wildman–Crippen MR) is 128 cm³/mol. The van der Waals surface area contributed by atoms with E-state index < -0.39 is 5.97 Å². The summed E-state index contributed by atoms with van der Waals surface area (Å²) in [6.07, 6.45) is 2.01. The molecule has 0 spiro atoms. The van der Waals surface area contributed by atoms with Crippen molar-refractivity contribution >= 4 is 38.9 Å². The fourth-order valence-electron chi connectivity index (χ4n) is 4.73. The van der Waals surface area contributed by atoms with Gasteiger partial charge in [0.25, 0.3) is 0 Å². The van der Waals surface area contributed by atoms with Crippen LogP contribution in [0.3, 0.4) is 0 Å². The Morgan fingerprint density at radius 1 is 1.09 bits per heavy atom. The minimum atomic E-state index is -0.441. The van der Waals surface area contributed by atoms with Gasteiger partial charge in [0.05, 0.1) is 47.8 Å². The van der Waals surface area contributed by atoms with E-state index in [4.69, 9.17) is 18.9 Å². The van der Waals surface area contributed by atoms with Gasteiger partial charge in [0.2, 0.25) is 0 Å². The monoisotopic (exact) mass is 479 g/mol. The van der Waals surface area contributed by atoms with E-state index in [2.05, 4.69) is 4.98 Å². The van der Waals surface area contributed by atoms with Gasteiger partial charge in [-0.25, -0.2) is 9.78 Å². The Balaban J connectivity index is 1.31. The number of thiazole rings is 1. The first-order valence-electron chi connectivity index (χ1n) is 11.2. The van der Waals surface area contributed by atoms with Crippen LogP contribution in [0, 0.1) is 11.8 Å². The maximum absolute atomic E-state index is 13.3. The molecule has 5 rings (SSSR count). The maximum atomic E-state index is 13.3. The number of ether oxygens (including phenoxy) is 4. The molecule has 7 nitrogen and oxygen atoms in total. The second-order valence-electron chi connectivity index (χ2n) is 8.54. The number of benzene rings is 2. The lowest BCUT2D eigenvalue weighted by molar-refractivity contribution is -0.131. The highest BCUT2D eigenvalue weighted by Crippen LogP contribution is 2.41. The van der Waals surface area contributed by atoms with E-state index in [0.29, 0.717) is 40.5 Å². The van der Waals surface area contributed by atoms with Crippen molar-refractivity contribution in [2.24, 2.45) is 11.8 Å². The zero-order valence-corrected chi connectivity index (χ0v) is 20.0. The highest BCUT2D eigenvalue weighted by atomic mass is 32.1. The van der Waals surface area contributed by atoms with E-state index in [1.54, 1.807) is 18.2 Å². The lowest BCUT2D eigenvalue weighted by Gasteiger charge is -2.41. The van der Waals surface area contributed by atoms with Crippen molar-refractivity contribution in [2.75, 3.05) is 14.2 Å². The molecule has 0 saturated heterocycles. The number of allylic oxidation sites excluding steroid dienone is 1. The summed E-state index contributed by atoms with van der Waals surface area (Å²) in [6.45, 7) is 1.97. The molecule has 1 aromatic heterocycles. The summed E-state index contributed by atoms with van der Waals surface area (Å²) < 4.78 is 23.5. The van der Waals surface area contributed by atoms with Crippen molar-refractivity contribution in [3.63, 3.8) is 0 Å². The van der Waals surface area contributed by atoms with Gasteiger partial charge in [0.1, 0.15) is 17.2 Å². The predicted octanol–water partition coefficient (Wildman–Crippen LogP) is 4.89. The standard InChI is InChI=1S/C26H25NO6S/c1-14-19(33-26(29)15-8-10-20(30-2)21(12-15)31-3)11-9-16-23(28)17(13-32-24(14)16)25-27-18-6-4-5-7-22(18)34-25/h4-8,10,12-14,16,19,24H,9,11H2,1-3H3. The minimum absolute atomic E-state index is 0.0480. The number of hydrogen-bond donors (Lipinski definition) is 0. The Morgan fingerprint density at radius 3 is 2.65 bits per heavy atom. The first kappa shape index (κ1) is 22.4. The van der Waals surface area contributed by atoms with Crippen LogP contribution in [0.1, 0.15) is 35.1 Å². The lowest BCUT2D eigenvalue weighted by atomic mass is 9.73. The molecule has 8 heteroatoms. The van der Waals surface area contributed by atoms with Crippen LogP contribution >= 0.6 is 11.3 Å². The lowest BCUT2D eigenvalue weighted by Crippen LogP contribution is -2.48. The van der Waals surface area contributed by atoms with Crippen LogP contribution in [-0.4, -0.2) is 43.2 Å². The van der Waals surface area contributed by atoms with Gasteiger partial charge in [-0.15, -0.1) is 11.3 Å². The summed E-state index contributed by atoms with van der Waals surface area (Å²) in [4.78, 5) is 30.8. The molecule has 4 unspecified atom stereocenters. The summed E-state index contributed by atoms with van der Waals surface area (Å²) in [5, 5.41) is 0.680. The molecule has 1 saturated carbocycles. The smallest absolute Gasteiger partial charge is 0.338 e. The SMILES string of the molecule is COc1ccc(C(=O)OC2CCC3C(=O)C(c4nc5ccccc5s4)=COC3C2C)cc1OC. The van der Waals surface area contributed by atoms with Crippen LogP contribution < -0.4 is 9.47 Å². The summed E-state index contributed by atoms with van der Waals surface area (Å²) in [5.41, 5.74) is 1.78. The Bertz CT molecular complexity index is 1250. The highest BCUT2D eigenvalue weighted by Gasteiger charge is 2.46. The molecule has 0 radical (unpaired) electrons. The Hall–Kier alpha value is -3.39. The number of Topliss-reactive ketones (excluding diaryl/α,β-unsaturated/α-hetero) is 1. The topological polar surface area (TPSA) is 84.0 Å². The van der Waals surface area contributed by atoms with Gasteiger partial charge >= 0.3 is 5.97 Å². The first-order chi connectivity index (χ1) is 16.5. The molecular formula is C26H25NO6S. The molecule has 4 atom stereocenters. The first-order valence-corrected chi connectivity index (χ1v) is 12.0. The largest absolute Gasteiger partial charge is 0.496 e. The Labute approximate surface area is 201 Å². The Morgan fingerprint density at radius 2 is 1.88 bits per heavy atom. The van der Waals surface area contributed by atoms with Gasteiger partial charge in [-0.3, -0.25) is 4.79 Å². The number of aromatic nitrogens is 1.